The first kappa shape index (κ1) is 11.2. The van der Waals surface area contributed by atoms with Crippen molar-refractivity contribution in [2.75, 3.05) is 31.0 Å². The second kappa shape index (κ2) is 6.54. The maximum absolute atomic E-state index is 5.03. The topological polar surface area (TPSA) is 34.1 Å². The molecule has 14 heavy (non-hydrogen) atoms. The minimum Gasteiger partial charge on any atom is -0.481 e. The van der Waals surface area contributed by atoms with Gasteiger partial charge < -0.3 is 10.1 Å². The Labute approximate surface area is 89.3 Å². The summed E-state index contributed by atoms with van der Waals surface area (Å²) in [6.45, 7) is 0.959. The molecule has 0 aliphatic carbocycles. The standard InChI is InChI=1S/C10H16N2OS/c1-13-10-6-3-5-9(12-10)11-7-4-8-14-2/h3,5-6H,4,7-8H2,1-2H3,(H,11,12). The number of methoxy groups -OCH3 is 1. The van der Waals surface area contributed by atoms with Crippen molar-refractivity contribution in [1.82, 2.24) is 4.98 Å². The molecule has 0 saturated carbocycles. The lowest BCUT2D eigenvalue weighted by Crippen LogP contribution is -2.04. The molecule has 0 aliphatic rings. The average molecular weight is 212 g/mol. The van der Waals surface area contributed by atoms with Crippen LogP contribution in [-0.2, 0) is 0 Å². The molecular weight excluding hydrogens is 196 g/mol. The third-order valence-electron chi connectivity index (χ3n) is 1.76. The zero-order chi connectivity index (χ0) is 10.2. The average Bonchev–Trinajstić information content (AvgIpc) is 2.25. The highest BCUT2D eigenvalue weighted by Gasteiger charge is 1.95. The van der Waals surface area contributed by atoms with E-state index in [-0.39, 0.29) is 0 Å². The molecule has 0 aromatic carbocycles. The fourth-order valence-corrected chi connectivity index (χ4v) is 1.49. The van der Waals surface area contributed by atoms with Gasteiger partial charge in [-0.25, -0.2) is 0 Å². The van der Waals surface area contributed by atoms with Gasteiger partial charge in [0.1, 0.15) is 5.82 Å². The third-order valence-corrected chi connectivity index (χ3v) is 2.46. The highest BCUT2D eigenvalue weighted by Crippen LogP contribution is 2.10. The van der Waals surface area contributed by atoms with Crippen LogP contribution in [-0.4, -0.2) is 30.6 Å². The number of nitrogens with one attached hydrogen (secondary N) is 1. The SMILES string of the molecule is COc1cccc(NCCCSC)n1. The van der Waals surface area contributed by atoms with Gasteiger partial charge in [-0.2, -0.15) is 16.7 Å². The van der Waals surface area contributed by atoms with Gasteiger partial charge in [0.25, 0.3) is 0 Å². The van der Waals surface area contributed by atoms with Crippen LogP contribution < -0.4 is 10.1 Å². The van der Waals surface area contributed by atoms with Crippen molar-refractivity contribution in [3.05, 3.63) is 18.2 Å². The molecule has 1 aromatic rings. The van der Waals surface area contributed by atoms with Crippen LogP contribution in [0.3, 0.4) is 0 Å². The molecule has 0 radical (unpaired) electrons. The molecule has 0 bridgehead atoms. The molecule has 0 fully saturated rings. The molecule has 1 N–H and O–H groups in total. The minimum atomic E-state index is 0.653. The van der Waals surface area contributed by atoms with Gasteiger partial charge in [-0.15, -0.1) is 0 Å². The lowest BCUT2D eigenvalue weighted by molar-refractivity contribution is 0.398. The number of hydrogen-bond donors (Lipinski definition) is 1. The van der Waals surface area contributed by atoms with E-state index in [9.17, 15) is 0 Å². The Kier molecular flexibility index (Phi) is 5.22. The predicted octanol–water partition coefficient (Wildman–Crippen LogP) is 2.26. The number of hydrogen-bond acceptors (Lipinski definition) is 4. The van der Waals surface area contributed by atoms with E-state index in [1.807, 2.05) is 30.0 Å². The number of nitrogens with zero attached hydrogens (tertiary/aromatic N) is 1. The zero-order valence-electron chi connectivity index (χ0n) is 8.62. The van der Waals surface area contributed by atoms with Gasteiger partial charge in [-0.3, -0.25) is 0 Å². The monoisotopic (exact) mass is 212 g/mol. The smallest absolute Gasteiger partial charge is 0.214 e. The van der Waals surface area contributed by atoms with Crippen molar-refractivity contribution in [2.45, 2.75) is 6.42 Å². The van der Waals surface area contributed by atoms with Crippen molar-refractivity contribution in [3.63, 3.8) is 0 Å². The van der Waals surface area contributed by atoms with Crippen LogP contribution in [0.1, 0.15) is 6.42 Å². The van der Waals surface area contributed by atoms with E-state index in [2.05, 4.69) is 16.6 Å². The maximum Gasteiger partial charge on any atom is 0.214 e. The van der Waals surface area contributed by atoms with Crippen molar-refractivity contribution in [2.24, 2.45) is 0 Å². The van der Waals surface area contributed by atoms with Crippen LogP contribution in [0.4, 0.5) is 5.82 Å². The zero-order valence-corrected chi connectivity index (χ0v) is 9.43. The molecule has 0 aliphatic heterocycles. The van der Waals surface area contributed by atoms with Crippen LogP contribution in [0.5, 0.6) is 5.88 Å². The molecule has 1 rings (SSSR count). The molecule has 1 heterocycles. The van der Waals surface area contributed by atoms with E-state index in [1.54, 1.807) is 7.11 Å². The number of pyridine rings is 1. The van der Waals surface area contributed by atoms with Gasteiger partial charge in [-0.05, 0) is 24.5 Å². The summed E-state index contributed by atoms with van der Waals surface area (Å²) in [5.41, 5.74) is 0. The fourth-order valence-electron chi connectivity index (χ4n) is 1.06. The van der Waals surface area contributed by atoms with Crippen molar-refractivity contribution in [1.29, 1.82) is 0 Å². The van der Waals surface area contributed by atoms with Crippen LogP contribution in [0.15, 0.2) is 18.2 Å². The van der Waals surface area contributed by atoms with E-state index in [4.69, 9.17) is 4.74 Å². The lowest BCUT2D eigenvalue weighted by Gasteiger charge is -2.05. The van der Waals surface area contributed by atoms with Crippen LogP contribution in [0.25, 0.3) is 0 Å². The van der Waals surface area contributed by atoms with E-state index in [0.29, 0.717) is 5.88 Å². The first-order valence-corrected chi connectivity index (χ1v) is 6.00. The Balaban J connectivity index is 2.34. The third kappa shape index (κ3) is 3.87. The Morgan fingerprint density at radius 3 is 3.07 bits per heavy atom. The van der Waals surface area contributed by atoms with Crippen LogP contribution >= 0.6 is 11.8 Å². The van der Waals surface area contributed by atoms with E-state index < -0.39 is 0 Å². The molecule has 4 heteroatoms. The highest BCUT2D eigenvalue weighted by atomic mass is 32.2. The largest absolute Gasteiger partial charge is 0.481 e. The number of rotatable bonds is 6. The molecule has 0 spiro atoms. The van der Waals surface area contributed by atoms with E-state index >= 15 is 0 Å². The number of ether oxygens (including phenoxy) is 1. The number of thioether (sulfide) groups is 1. The fraction of sp³-hybridized carbons (Fsp3) is 0.500. The normalized spacial score (nSPS) is 9.86. The first-order valence-electron chi connectivity index (χ1n) is 4.60. The van der Waals surface area contributed by atoms with E-state index in [0.717, 1.165) is 18.8 Å². The first-order chi connectivity index (χ1) is 6.86. The van der Waals surface area contributed by atoms with Crippen LogP contribution in [0, 0.1) is 0 Å². The summed E-state index contributed by atoms with van der Waals surface area (Å²) in [6.07, 6.45) is 3.27. The van der Waals surface area contributed by atoms with Gasteiger partial charge in [0.15, 0.2) is 0 Å². The second-order valence-electron chi connectivity index (χ2n) is 2.84. The molecule has 0 unspecified atom stereocenters. The van der Waals surface area contributed by atoms with Gasteiger partial charge in [-0.1, -0.05) is 6.07 Å². The summed E-state index contributed by atoms with van der Waals surface area (Å²) in [7, 11) is 1.62. The number of aromatic nitrogens is 1. The van der Waals surface area contributed by atoms with Crippen LogP contribution in [0.2, 0.25) is 0 Å². The summed E-state index contributed by atoms with van der Waals surface area (Å²) in [4.78, 5) is 4.25. The van der Waals surface area contributed by atoms with Crippen molar-refractivity contribution >= 4 is 17.6 Å². The summed E-state index contributed by atoms with van der Waals surface area (Å²) in [6, 6.07) is 5.72. The maximum atomic E-state index is 5.03. The van der Waals surface area contributed by atoms with E-state index in [1.165, 1.54) is 5.75 Å². The Morgan fingerprint density at radius 2 is 2.36 bits per heavy atom. The molecular formula is C10H16N2OS. The Hall–Kier alpha value is -0.900. The van der Waals surface area contributed by atoms with Gasteiger partial charge >= 0.3 is 0 Å². The van der Waals surface area contributed by atoms with Crippen molar-refractivity contribution in [3.8, 4) is 5.88 Å². The summed E-state index contributed by atoms with van der Waals surface area (Å²) < 4.78 is 5.03. The lowest BCUT2D eigenvalue weighted by atomic mass is 10.4. The van der Waals surface area contributed by atoms with Gasteiger partial charge in [0.2, 0.25) is 5.88 Å². The summed E-state index contributed by atoms with van der Waals surface area (Å²) >= 11 is 1.86. The molecule has 0 atom stereocenters. The van der Waals surface area contributed by atoms with Crippen molar-refractivity contribution < 1.29 is 4.74 Å². The van der Waals surface area contributed by atoms with Gasteiger partial charge in [0.05, 0.1) is 7.11 Å². The minimum absolute atomic E-state index is 0.653. The Morgan fingerprint density at radius 1 is 1.50 bits per heavy atom. The Bertz CT molecular complexity index is 268. The molecule has 78 valence electrons. The quantitative estimate of drug-likeness (QED) is 0.733. The van der Waals surface area contributed by atoms with Gasteiger partial charge in [0, 0.05) is 12.6 Å². The molecule has 0 saturated heterocycles. The highest BCUT2D eigenvalue weighted by molar-refractivity contribution is 7.98. The summed E-state index contributed by atoms with van der Waals surface area (Å²) in [5.74, 6) is 2.71. The second-order valence-corrected chi connectivity index (χ2v) is 3.82. The number of anilines is 1. The predicted molar refractivity (Wildman–Crippen MR) is 62.3 cm³/mol. The summed E-state index contributed by atoms with van der Waals surface area (Å²) in [5, 5.41) is 3.25. The molecule has 0 amide bonds. The molecule has 3 nitrogen and oxygen atoms in total. The molecule has 1 aromatic heterocycles.